The molecule has 0 saturated heterocycles. The molecule has 0 aromatic heterocycles. The lowest BCUT2D eigenvalue weighted by atomic mass is 10.0. The molecular formula is C12H16O3. The summed E-state index contributed by atoms with van der Waals surface area (Å²) in [7, 11) is 3.28. The first-order valence-electron chi connectivity index (χ1n) is 5.09. The van der Waals surface area contributed by atoms with Crippen molar-refractivity contribution in [3.63, 3.8) is 0 Å². The standard InChI is InChI=1S/C12H16O3/c1-14-8-9-4-3-5-10(11(9)15-2)12(13)6-7-12/h3-5,13H,6-8H2,1-2H3. The molecule has 15 heavy (non-hydrogen) atoms. The monoisotopic (exact) mass is 208 g/mol. The lowest BCUT2D eigenvalue weighted by Crippen LogP contribution is -2.08. The molecule has 3 heteroatoms. The summed E-state index contributed by atoms with van der Waals surface area (Å²) in [6.07, 6.45) is 1.64. The van der Waals surface area contributed by atoms with Crippen LogP contribution in [0.1, 0.15) is 24.0 Å². The Morgan fingerprint density at radius 1 is 1.33 bits per heavy atom. The first kappa shape index (κ1) is 10.5. The Morgan fingerprint density at radius 2 is 2.07 bits per heavy atom. The summed E-state index contributed by atoms with van der Waals surface area (Å²) < 4.78 is 10.5. The molecule has 1 aliphatic carbocycles. The van der Waals surface area contributed by atoms with Gasteiger partial charge >= 0.3 is 0 Å². The molecule has 0 bridgehead atoms. The summed E-state index contributed by atoms with van der Waals surface area (Å²) in [5.41, 5.74) is 1.21. The molecule has 1 aromatic carbocycles. The maximum absolute atomic E-state index is 10.1. The number of benzene rings is 1. The highest BCUT2D eigenvalue weighted by atomic mass is 16.5. The highest BCUT2D eigenvalue weighted by Gasteiger charge is 2.44. The van der Waals surface area contributed by atoms with E-state index in [4.69, 9.17) is 9.47 Å². The van der Waals surface area contributed by atoms with Crippen LogP contribution >= 0.6 is 0 Å². The van der Waals surface area contributed by atoms with Crippen LogP contribution in [0.15, 0.2) is 18.2 Å². The number of rotatable bonds is 4. The second-order valence-corrected chi connectivity index (χ2v) is 3.96. The first-order chi connectivity index (χ1) is 7.21. The van der Waals surface area contributed by atoms with Crippen LogP contribution in [0, 0.1) is 0 Å². The van der Waals surface area contributed by atoms with Crippen molar-refractivity contribution < 1.29 is 14.6 Å². The zero-order chi connectivity index (χ0) is 10.9. The van der Waals surface area contributed by atoms with Gasteiger partial charge in [0.15, 0.2) is 0 Å². The molecule has 3 nitrogen and oxygen atoms in total. The van der Waals surface area contributed by atoms with Gasteiger partial charge in [-0.15, -0.1) is 0 Å². The van der Waals surface area contributed by atoms with Gasteiger partial charge in [-0.3, -0.25) is 0 Å². The van der Waals surface area contributed by atoms with Crippen LogP contribution in [0.5, 0.6) is 5.75 Å². The third-order valence-corrected chi connectivity index (χ3v) is 2.83. The van der Waals surface area contributed by atoms with Gasteiger partial charge in [-0.1, -0.05) is 18.2 Å². The molecule has 0 aliphatic heterocycles. The van der Waals surface area contributed by atoms with Crippen molar-refractivity contribution in [2.45, 2.75) is 25.0 Å². The van der Waals surface area contributed by atoms with E-state index >= 15 is 0 Å². The number of para-hydroxylation sites is 1. The summed E-state index contributed by atoms with van der Waals surface area (Å²) >= 11 is 0. The van der Waals surface area contributed by atoms with Gasteiger partial charge in [-0.25, -0.2) is 0 Å². The molecule has 0 radical (unpaired) electrons. The Kier molecular flexibility index (Phi) is 2.67. The second kappa shape index (κ2) is 3.83. The van der Waals surface area contributed by atoms with E-state index in [2.05, 4.69) is 0 Å². The molecule has 0 spiro atoms. The Labute approximate surface area is 89.6 Å². The van der Waals surface area contributed by atoms with Crippen molar-refractivity contribution >= 4 is 0 Å². The molecule has 1 saturated carbocycles. The van der Waals surface area contributed by atoms with Crippen LogP contribution in [0.2, 0.25) is 0 Å². The molecule has 82 valence electrons. The fourth-order valence-electron chi connectivity index (χ4n) is 1.85. The van der Waals surface area contributed by atoms with Gasteiger partial charge < -0.3 is 14.6 Å². The largest absolute Gasteiger partial charge is 0.496 e. The van der Waals surface area contributed by atoms with Crippen molar-refractivity contribution in [1.82, 2.24) is 0 Å². The summed E-state index contributed by atoms with van der Waals surface area (Å²) in [5.74, 6) is 0.763. The SMILES string of the molecule is COCc1cccc(C2(O)CC2)c1OC. The molecular weight excluding hydrogens is 192 g/mol. The van der Waals surface area contributed by atoms with E-state index in [1.54, 1.807) is 14.2 Å². The lowest BCUT2D eigenvalue weighted by molar-refractivity contribution is 0.145. The summed E-state index contributed by atoms with van der Waals surface area (Å²) in [5, 5.41) is 10.1. The van der Waals surface area contributed by atoms with Gasteiger partial charge in [0.2, 0.25) is 0 Å². The smallest absolute Gasteiger partial charge is 0.130 e. The zero-order valence-electron chi connectivity index (χ0n) is 9.12. The van der Waals surface area contributed by atoms with Crippen LogP contribution in [0.3, 0.4) is 0 Å². The average molecular weight is 208 g/mol. The van der Waals surface area contributed by atoms with E-state index in [9.17, 15) is 5.11 Å². The zero-order valence-corrected chi connectivity index (χ0v) is 9.12. The summed E-state index contributed by atoms with van der Waals surface area (Å²) in [6.45, 7) is 0.507. The van der Waals surface area contributed by atoms with Gasteiger partial charge in [-0.2, -0.15) is 0 Å². The molecule has 1 aromatic rings. The highest BCUT2D eigenvalue weighted by molar-refractivity contribution is 5.46. The van der Waals surface area contributed by atoms with Gasteiger partial charge in [-0.05, 0) is 12.8 Å². The predicted molar refractivity (Wildman–Crippen MR) is 56.8 cm³/mol. The molecule has 0 unspecified atom stereocenters. The molecule has 1 N–H and O–H groups in total. The second-order valence-electron chi connectivity index (χ2n) is 3.96. The van der Waals surface area contributed by atoms with Crippen LogP contribution < -0.4 is 4.74 Å². The minimum atomic E-state index is -0.658. The van der Waals surface area contributed by atoms with Gasteiger partial charge in [0.05, 0.1) is 19.3 Å². The molecule has 2 rings (SSSR count). The number of hydrogen-bond acceptors (Lipinski definition) is 3. The van der Waals surface area contributed by atoms with E-state index < -0.39 is 5.60 Å². The van der Waals surface area contributed by atoms with E-state index in [-0.39, 0.29) is 0 Å². The maximum Gasteiger partial charge on any atom is 0.130 e. The van der Waals surface area contributed by atoms with Crippen LogP contribution in [0.4, 0.5) is 0 Å². The summed E-state index contributed by atoms with van der Waals surface area (Å²) in [4.78, 5) is 0. The molecule has 1 aliphatic rings. The molecule has 1 fully saturated rings. The topological polar surface area (TPSA) is 38.7 Å². The fraction of sp³-hybridized carbons (Fsp3) is 0.500. The van der Waals surface area contributed by atoms with Crippen molar-refractivity contribution in [2.75, 3.05) is 14.2 Å². The van der Waals surface area contributed by atoms with Crippen molar-refractivity contribution in [1.29, 1.82) is 0 Å². The van der Waals surface area contributed by atoms with Crippen LogP contribution in [-0.2, 0) is 16.9 Å². The number of methoxy groups -OCH3 is 2. The Bertz CT molecular complexity index is 356. The normalized spacial score (nSPS) is 17.5. The van der Waals surface area contributed by atoms with Gasteiger partial charge in [0.1, 0.15) is 5.75 Å². The van der Waals surface area contributed by atoms with Crippen molar-refractivity contribution in [3.05, 3.63) is 29.3 Å². The van der Waals surface area contributed by atoms with Gasteiger partial charge in [0, 0.05) is 18.2 Å². The third kappa shape index (κ3) is 1.85. The number of ether oxygens (including phenoxy) is 2. The number of aliphatic hydroxyl groups is 1. The minimum absolute atomic E-state index is 0.507. The minimum Gasteiger partial charge on any atom is -0.496 e. The predicted octanol–water partition coefficient (Wildman–Crippen LogP) is 1.82. The van der Waals surface area contributed by atoms with Gasteiger partial charge in [0.25, 0.3) is 0 Å². The van der Waals surface area contributed by atoms with E-state index in [0.29, 0.717) is 6.61 Å². The Balaban J connectivity index is 2.41. The fourth-order valence-corrected chi connectivity index (χ4v) is 1.85. The van der Waals surface area contributed by atoms with Crippen LogP contribution in [-0.4, -0.2) is 19.3 Å². The maximum atomic E-state index is 10.1. The quantitative estimate of drug-likeness (QED) is 0.820. The Hall–Kier alpha value is -1.06. The lowest BCUT2D eigenvalue weighted by Gasteiger charge is -2.16. The van der Waals surface area contributed by atoms with Crippen molar-refractivity contribution in [3.8, 4) is 5.75 Å². The average Bonchev–Trinajstić information content (AvgIpc) is 2.98. The van der Waals surface area contributed by atoms with E-state index in [0.717, 1.165) is 29.7 Å². The molecule has 0 amide bonds. The molecule has 0 atom stereocenters. The third-order valence-electron chi connectivity index (χ3n) is 2.83. The first-order valence-corrected chi connectivity index (χ1v) is 5.09. The number of hydrogen-bond donors (Lipinski definition) is 1. The van der Waals surface area contributed by atoms with E-state index in [1.165, 1.54) is 0 Å². The van der Waals surface area contributed by atoms with Crippen molar-refractivity contribution in [2.24, 2.45) is 0 Å². The molecule has 0 heterocycles. The summed E-state index contributed by atoms with van der Waals surface area (Å²) in [6, 6.07) is 5.81. The van der Waals surface area contributed by atoms with E-state index in [1.807, 2.05) is 18.2 Å². The highest BCUT2D eigenvalue weighted by Crippen LogP contribution is 2.49. The van der Waals surface area contributed by atoms with Crippen LogP contribution in [0.25, 0.3) is 0 Å². The Morgan fingerprint density at radius 3 is 2.60 bits per heavy atom.